The van der Waals surface area contributed by atoms with Gasteiger partial charge in [0.05, 0.1) is 6.10 Å². The first kappa shape index (κ1) is 19.2. The van der Waals surface area contributed by atoms with Crippen LogP contribution in [-0.2, 0) is 16.4 Å². The van der Waals surface area contributed by atoms with Gasteiger partial charge in [0.15, 0.2) is 0 Å². The average Bonchev–Trinajstić information content (AvgIpc) is 3.12. The fourth-order valence-electron chi connectivity index (χ4n) is 3.01. The molecular weight excluding hydrogens is 368 g/mol. The molecule has 1 fully saturated rings. The van der Waals surface area contributed by atoms with Crippen LogP contribution in [0.15, 0.2) is 40.6 Å². The molecule has 0 bridgehead atoms. The van der Waals surface area contributed by atoms with Gasteiger partial charge in [0, 0.05) is 36.7 Å². The van der Waals surface area contributed by atoms with Crippen LogP contribution in [0.3, 0.4) is 0 Å². The molecule has 0 radical (unpaired) electrons. The smallest absolute Gasteiger partial charge is 0.252 e. The van der Waals surface area contributed by atoms with E-state index in [9.17, 15) is 8.42 Å². The minimum atomic E-state index is -3.37. The summed E-state index contributed by atoms with van der Waals surface area (Å²) in [6.07, 6.45) is 1.02. The van der Waals surface area contributed by atoms with Gasteiger partial charge in [-0.3, -0.25) is 0 Å². The SMILES string of the molecule is CCc1ccc(S(=O)(=O)N2CCN(c3ccc(OC(C)C)cc3)CC2)s1. The second-order valence-electron chi connectivity index (χ2n) is 6.63. The number of hydrogen-bond donors (Lipinski definition) is 0. The standard InChI is InChI=1S/C19H26N2O3S2/c1-4-18-9-10-19(25-18)26(22,23)21-13-11-20(12-14-21)16-5-7-17(8-6-16)24-15(2)3/h5-10,15H,4,11-14H2,1-3H3. The molecule has 0 amide bonds. The van der Waals surface area contributed by atoms with E-state index in [4.69, 9.17) is 4.74 Å². The van der Waals surface area contributed by atoms with Crippen LogP contribution in [0.5, 0.6) is 5.75 Å². The van der Waals surface area contributed by atoms with Gasteiger partial charge >= 0.3 is 0 Å². The first-order chi connectivity index (χ1) is 12.4. The molecule has 1 aromatic carbocycles. The van der Waals surface area contributed by atoms with Crippen LogP contribution in [0.2, 0.25) is 0 Å². The highest BCUT2D eigenvalue weighted by atomic mass is 32.2. The second-order valence-corrected chi connectivity index (χ2v) is 9.96. The quantitative estimate of drug-likeness (QED) is 0.751. The van der Waals surface area contributed by atoms with E-state index < -0.39 is 10.0 Å². The molecule has 0 atom stereocenters. The lowest BCUT2D eigenvalue weighted by molar-refractivity contribution is 0.242. The minimum Gasteiger partial charge on any atom is -0.491 e. The minimum absolute atomic E-state index is 0.153. The van der Waals surface area contributed by atoms with Gasteiger partial charge in [-0.2, -0.15) is 4.31 Å². The monoisotopic (exact) mass is 394 g/mol. The van der Waals surface area contributed by atoms with Crippen LogP contribution in [-0.4, -0.2) is 45.0 Å². The third kappa shape index (κ3) is 4.22. The van der Waals surface area contributed by atoms with Gasteiger partial charge in [0.25, 0.3) is 10.0 Å². The van der Waals surface area contributed by atoms with E-state index >= 15 is 0 Å². The molecule has 0 N–H and O–H groups in total. The highest BCUT2D eigenvalue weighted by Gasteiger charge is 2.29. The van der Waals surface area contributed by atoms with Crippen molar-refractivity contribution in [3.05, 3.63) is 41.3 Å². The first-order valence-electron chi connectivity index (χ1n) is 9.00. The van der Waals surface area contributed by atoms with E-state index in [1.54, 1.807) is 10.4 Å². The number of aryl methyl sites for hydroxylation is 1. The van der Waals surface area contributed by atoms with Gasteiger partial charge in [0.1, 0.15) is 9.96 Å². The van der Waals surface area contributed by atoms with Crippen molar-refractivity contribution in [2.45, 2.75) is 37.5 Å². The number of anilines is 1. The number of nitrogens with zero attached hydrogens (tertiary/aromatic N) is 2. The molecule has 1 aliphatic heterocycles. The van der Waals surface area contributed by atoms with Crippen LogP contribution < -0.4 is 9.64 Å². The van der Waals surface area contributed by atoms with Crippen LogP contribution in [0.25, 0.3) is 0 Å². The van der Waals surface area contributed by atoms with Crippen molar-refractivity contribution in [3.63, 3.8) is 0 Å². The summed E-state index contributed by atoms with van der Waals surface area (Å²) in [5.74, 6) is 0.856. The zero-order valence-corrected chi connectivity index (χ0v) is 17.1. The highest BCUT2D eigenvalue weighted by molar-refractivity contribution is 7.91. The van der Waals surface area contributed by atoms with Crippen molar-refractivity contribution >= 4 is 27.0 Å². The lowest BCUT2D eigenvalue weighted by Crippen LogP contribution is -2.48. The Morgan fingerprint density at radius 2 is 1.69 bits per heavy atom. The fourth-order valence-corrected chi connectivity index (χ4v) is 5.88. The van der Waals surface area contributed by atoms with Crippen molar-refractivity contribution in [2.75, 3.05) is 31.1 Å². The molecule has 2 heterocycles. The fraction of sp³-hybridized carbons (Fsp3) is 0.474. The molecule has 3 rings (SSSR count). The third-order valence-electron chi connectivity index (χ3n) is 4.39. The van der Waals surface area contributed by atoms with Crippen LogP contribution in [0.1, 0.15) is 25.6 Å². The van der Waals surface area contributed by atoms with Gasteiger partial charge in [0.2, 0.25) is 0 Å². The predicted molar refractivity (Wildman–Crippen MR) is 107 cm³/mol. The van der Waals surface area contributed by atoms with E-state index in [0.717, 1.165) is 22.7 Å². The number of piperazine rings is 1. The number of hydrogen-bond acceptors (Lipinski definition) is 5. The van der Waals surface area contributed by atoms with Gasteiger partial charge in [-0.15, -0.1) is 11.3 Å². The second kappa shape index (κ2) is 7.98. The van der Waals surface area contributed by atoms with E-state index in [0.29, 0.717) is 30.4 Å². The molecule has 7 heteroatoms. The summed E-state index contributed by atoms with van der Waals surface area (Å²) in [6, 6.07) is 11.7. The Labute approximate surface area is 160 Å². The Morgan fingerprint density at radius 3 is 2.23 bits per heavy atom. The summed E-state index contributed by atoms with van der Waals surface area (Å²) in [7, 11) is -3.37. The number of ether oxygens (including phenoxy) is 1. The average molecular weight is 395 g/mol. The Kier molecular flexibility index (Phi) is 5.89. The normalized spacial score (nSPS) is 16.2. The Bertz CT molecular complexity index is 821. The molecule has 0 saturated carbocycles. The van der Waals surface area contributed by atoms with Crippen molar-refractivity contribution in [1.29, 1.82) is 0 Å². The molecular formula is C19H26N2O3S2. The Morgan fingerprint density at radius 1 is 1.04 bits per heavy atom. The molecule has 0 aliphatic carbocycles. The number of benzene rings is 1. The number of rotatable bonds is 6. The van der Waals surface area contributed by atoms with Gasteiger partial charge in [-0.05, 0) is 56.7 Å². The van der Waals surface area contributed by atoms with Crippen molar-refractivity contribution in [3.8, 4) is 5.75 Å². The van der Waals surface area contributed by atoms with Crippen LogP contribution in [0.4, 0.5) is 5.69 Å². The zero-order chi connectivity index (χ0) is 18.7. The first-order valence-corrected chi connectivity index (χ1v) is 11.3. The topological polar surface area (TPSA) is 49.9 Å². The number of sulfonamides is 1. The summed E-state index contributed by atoms with van der Waals surface area (Å²) >= 11 is 1.38. The van der Waals surface area contributed by atoms with Gasteiger partial charge in [-0.1, -0.05) is 6.92 Å². The highest BCUT2D eigenvalue weighted by Crippen LogP contribution is 2.27. The van der Waals surface area contributed by atoms with Crippen LogP contribution >= 0.6 is 11.3 Å². The lowest BCUT2D eigenvalue weighted by atomic mass is 10.2. The van der Waals surface area contributed by atoms with E-state index in [1.165, 1.54) is 11.3 Å². The molecule has 26 heavy (non-hydrogen) atoms. The maximum atomic E-state index is 12.8. The van der Waals surface area contributed by atoms with Crippen molar-refractivity contribution in [2.24, 2.45) is 0 Å². The number of thiophene rings is 1. The molecule has 1 aliphatic rings. The van der Waals surface area contributed by atoms with Crippen molar-refractivity contribution in [1.82, 2.24) is 4.31 Å². The van der Waals surface area contributed by atoms with Gasteiger partial charge in [-0.25, -0.2) is 8.42 Å². The van der Waals surface area contributed by atoms with E-state index in [-0.39, 0.29) is 6.10 Å². The molecule has 2 aromatic rings. The molecule has 0 unspecified atom stereocenters. The predicted octanol–water partition coefficient (Wildman–Crippen LogP) is 3.61. The molecule has 5 nitrogen and oxygen atoms in total. The van der Waals surface area contributed by atoms with Crippen LogP contribution in [0, 0.1) is 0 Å². The summed E-state index contributed by atoms with van der Waals surface area (Å²) in [5.41, 5.74) is 1.10. The summed E-state index contributed by atoms with van der Waals surface area (Å²) in [4.78, 5) is 3.32. The largest absolute Gasteiger partial charge is 0.491 e. The van der Waals surface area contributed by atoms with Crippen molar-refractivity contribution < 1.29 is 13.2 Å². The van der Waals surface area contributed by atoms with E-state index in [2.05, 4.69) is 4.90 Å². The molecule has 1 saturated heterocycles. The van der Waals surface area contributed by atoms with Gasteiger partial charge < -0.3 is 9.64 Å². The summed E-state index contributed by atoms with van der Waals surface area (Å²) in [6.45, 7) is 8.44. The molecule has 1 aromatic heterocycles. The zero-order valence-electron chi connectivity index (χ0n) is 15.5. The Hall–Kier alpha value is -1.57. The Balaban J connectivity index is 1.63. The van der Waals surface area contributed by atoms with E-state index in [1.807, 2.05) is 51.1 Å². The summed E-state index contributed by atoms with van der Waals surface area (Å²) < 4.78 is 33.3. The molecule has 0 spiro atoms. The summed E-state index contributed by atoms with van der Waals surface area (Å²) in [5, 5.41) is 0. The maximum absolute atomic E-state index is 12.8. The third-order valence-corrected chi connectivity index (χ3v) is 7.99. The molecule has 142 valence electrons. The maximum Gasteiger partial charge on any atom is 0.252 e. The lowest BCUT2D eigenvalue weighted by Gasteiger charge is -2.35.